The minimum absolute atomic E-state index is 0.239. The van der Waals surface area contributed by atoms with E-state index in [1.165, 1.54) is 0 Å². The molecule has 2 N–H and O–H groups in total. The zero-order valence-electron chi connectivity index (χ0n) is 7.37. The first-order valence-electron chi connectivity index (χ1n) is 4.03. The van der Waals surface area contributed by atoms with Crippen molar-refractivity contribution in [2.45, 2.75) is 13.5 Å². The maximum absolute atomic E-state index is 11.1. The van der Waals surface area contributed by atoms with Gasteiger partial charge in [-0.25, -0.2) is 0 Å². The van der Waals surface area contributed by atoms with Crippen molar-refractivity contribution in [1.82, 2.24) is 10.3 Å². The number of hydrogen-bond donors (Lipinski definition) is 2. The summed E-state index contributed by atoms with van der Waals surface area (Å²) in [6, 6.07) is 5.60. The van der Waals surface area contributed by atoms with Gasteiger partial charge in [0.25, 0.3) is 0 Å². The Hall–Kier alpha value is -1.76. The highest BCUT2D eigenvalue weighted by molar-refractivity contribution is 5.80. The second kappa shape index (κ2) is 4.31. The van der Waals surface area contributed by atoms with Gasteiger partial charge in [0.2, 0.25) is 5.91 Å². The Morgan fingerprint density at radius 1 is 1.85 bits per heavy atom. The number of H-pyrrole nitrogens is 1. The van der Waals surface area contributed by atoms with Crippen molar-refractivity contribution in [2.24, 2.45) is 5.92 Å². The van der Waals surface area contributed by atoms with Crippen LogP contribution in [0.2, 0.25) is 0 Å². The minimum Gasteiger partial charge on any atom is -0.364 e. The number of amides is 1. The molecule has 13 heavy (non-hydrogen) atoms. The predicted molar refractivity (Wildman–Crippen MR) is 47.4 cm³/mol. The van der Waals surface area contributed by atoms with Crippen molar-refractivity contribution >= 4 is 5.91 Å². The molecule has 4 heteroatoms. The Labute approximate surface area is 76.6 Å². The highest BCUT2D eigenvalue weighted by Crippen LogP contribution is 1.95. The van der Waals surface area contributed by atoms with Crippen LogP contribution in [0.25, 0.3) is 0 Å². The fraction of sp³-hybridized carbons (Fsp3) is 0.333. The number of hydrogen-bond acceptors (Lipinski definition) is 2. The first-order valence-corrected chi connectivity index (χ1v) is 4.03. The van der Waals surface area contributed by atoms with E-state index in [9.17, 15) is 4.79 Å². The van der Waals surface area contributed by atoms with Gasteiger partial charge in [-0.05, 0) is 19.1 Å². The quantitative estimate of drug-likeness (QED) is 0.716. The fourth-order valence-corrected chi connectivity index (χ4v) is 0.872. The number of rotatable bonds is 3. The SMILES string of the molecule is CC(C#N)C(=O)NCc1ccc[nH]1. The molecule has 0 fully saturated rings. The molecule has 1 unspecified atom stereocenters. The Bertz CT molecular complexity index is 310. The van der Waals surface area contributed by atoms with E-state index in [-0.39, 0.29) is 5.91 Å². The van der Waals surface area contributed by atoms with Gasteiger partial charge in [0, 0.05) is 11.9 Å². The van der Waals surface area contributed by atoms with Crippen molar-refractivity contribution in [3.8, 4) is 6.07 Å². The Morgan fingerprint density at radius 2 is 2.62 bits per heavy atom. The summed E-state index contributed by atoms with van der Waals surface area (Å²) in [5.41, 5.74) is 0.929. The molecule has 0 saturated heterocycles. The van der Waals surface area contributed by atoms with Crippen molar-refractivity contribution in [3.05, 3.63) is 24.0 Å². The summed E-state index contributed by atoms with van der Waals surface area (Å²) in [6.45, 7) is 2.02. The molecule has 0 aliphatic carbocycles. The van der Waals surface area contributed by atoms with Gasteiger partial charge in [0.15, 0.2) is 0 Å². The summed E-state index contributed by atoms with van der Waals surface area (Å²) < 4.78 is 0. The lowest BCUT2D eigenvalue weighted by atomic mass is 10.2. The van der Waals surface area contributed by atoms with Crippen LogP contribution in [0, 0.1) is 17.2 Å². The molecule has 1 amide bonds. The smallest absolute Gasteiger partial charge is 0.237 e. The molecule has 1 atom stereocenters. The first kappa shape index (κ1) is 9.33. The van der Waals surface area contributed by atoms with Crippen LogP contribution >= 0.6 is 0 Å². The van der Waals surface area contributed by atoms with Crippen LogP contribution in [0.4, 0.5) is 0 Å². The standard InChI is InChI=1S/C9H11N3O/c1-7(5-10)9(13)12-6-8-3-2-4-11-8/h2-4,7,11H,6H2,1H3,(H,12,13). The molecule has 0 saturated carbocycles. The molecular formula is C9H11N3O. The maximum Gasteiger partial charge on any atom is 0.237 e. The van der Waals surface area contributed by atoms with E-state index in [1.54, 1.807) is 13.1 Å². The highest BCUT2D eigenvalue weighted by Gasteiger charge is 2.10. The first-order chi connectivity index (χ1) is 6.24. The van der Waals surface area contributed by atoms with E-state index in [0.29, 0.717) is 6.54 Å². The average molecular weight is 177 g/mol. The molecule has 1 aromatic rings. The molecular weight excluding hydrogens is 166 g/mol. The summed E-state index contributed by atoms with van der Waals surface area (Å²) >= 11 is 0. The van der Waals surface area contributed by atoms with E-state index in [1.807, 2.05) is 18.2 Å². The maximum atomic E-state index is 11.1. The van der Waals surface area contributed by atoms with E-state index in [0.717, 1.165) is 5.69 Å². The molecule has 0 spiro atoms. The largest absolute Gasteiger partial charge is 0.364 e. The zero-order valence-corrected chi connectivity index (χ0v) is 7.37. The van der Waals surface area contributed by atoms with Gasteiger partial charge in [-0.1, -0.05) is 0 Å². The van der Waals surface area contributed by atoms with E-state index >= 15 is 0 Å². The van der Waals surface area contributed by atoms with Crippen LogP contribution in [-0.4, -0.2) is 10.9 Å². The molecule has 1 heterocycles. The van der Waals surface area contributed by atoms with Crippen molar-refractivity contribution < 1.29 is 4.79 Å². The second-order valence-electron chi connectivity index (χ2n) is 2.76. The predicted octanol–water partition coefficient (Wildman–Crippen LogP) is 0.791. The van der Waals surface area contributed by atoms with Crippen LogP contribution in [0.3, 0.4) is 0 Å². The number of aromatic nitrogens is 1. The molecule has 1 aromatic heterocycles. The number of carbonyl (C=O) groups excluding carboxylic acids is 1. The van der Waals surface area contributed by atoms with Crippen LogP contribution < -0.4 is 5.32 Å². The van der Waals surface area contributed by atoms with Crippen LogP contribution in [0.5, 0.6) is 0 Å². The minimum atomic E-state index is -0.588. The van der Waals surface area contributed by atoms with Gasteiger partial charge in [-0.15, -0.1) is 0 Å². The van der Waals surface area contributed by atoms with E-state index in [2.05, 4.69) is 10.3 Å². The third kappa shape index (κ3) is 2.64. The Kier molecular flexibility index (Phi) is 3.09. The van der Waals surface area contributed by atoms with Gasteiger partial charge in [-0.2, -0.15) is 5.26 Å². The van der Waals surface area contributed by atoms with Crippen molar-refractivity contribution in [2.75, 3.05) is 0 Å². The lowest BCUT2D eigenvalue weighted by molar-refractivity contribution is -0.123. The summed E-state index contributed by atoms with van der Waals surface area (Å²) in [5.74, 6) is -0.827. The lowest BCUT2D eigenvalue weighted by Gasteiger charge is -2.03. The topological polar surface area (TPSA) is 68.7 Å². The fourth-order valence-electron chi connectivity index (χ4n) is 0.872. The highest BCUT2D eigenvalue weighted by atomic mass is 16.1. The number of nitrogens with one attached hydrogen (secondary N) is 2. The number of nitriles is 1. The Balaban J connectivity index is 2.36. The van der Waals surface area contributed by atoms with Gasteiger partial charge < -0.3 is 10.3 Å². The van der Waals surface area contributed by atoms with Gasteiger partial charge in [-0.3, -0.25) is 4.79 Å². The molecule has 4 nitrogen and oxygen atoms in total. The molecule has 0 aliphatic rings. The summed E-state index contributed by atoms with van der Waals surface area (Å²) in [6.07, 6.45) is 1.79. The summed E-state index contributed by atoms with van der Waals surface area (Å²) in [5, 5.41) is 11.1. The Morgan fingerprint density at radius 3 is 3.15 bits per heavy atom. The average Bonchev–Trinajstić information content (AvgIpc) is 2.65. The van der Waals surface area contributed by atoms with Crippen LogP contribution in [-0.2, 0) is 11.3 Å². The van der Waals surface area contributed by atoms with Crippen LogP contribution in [0.15, 0.2) is 18.3 Å². The summed E-state index contributed by atoms with van der Waals surface area (Å²) in [7, 11) is 0. The van der Waals surface area contributed by atoms with Crippen LogP contribution in [0.1, 0.15) is 12.6 Å². The molecule has 0 aliphatic heterocycles. The number of carbonyl (C=O) groups is 1. The molecule has 0 aromatic carbocycles. The molecule has 68 valence electrons. The second-order valence-corrected chi connectivity index (χ2v) is 2.76. The van der Waals surface area contributed by atoms with Gasteiger partial charge in [0.1, 0.15) is 5.92 Å². The van der Waals surface area contributed by atoms with E-state index < -0.39 is 5.92 Å². The van der Waals surface area contributed by atoms with Gasteiger partial charge in [0.05, 0.1) is 12.6 Å². The third-order valence-electron chi connectivity index (χ3n) is 1.70. The number of nitrogens with zero attached hydrogens (tertiary/aromatic N) is 1. The van der Waals surface area contributed by atoms with E-state index in [4.69, 9.17) is 5.26 Å². The lowest BCUT2D eigenvalue weighted by Crippen LogP contribution is -2.27. The van der Waals surface area contributed by atoms with Gasteiger partial charge >= 0.3 is 0 Å². The monoisotopic (exact) mass is 177 g/mol. The van der Waals surface area contributed by atoms with Crippen molar-refractivity contribution in [1.29, 1.82) is 5.26 Å². The normalized spacial score (nSPS) is 11.7. The summed E-state index contributed by atoms with van der Waals surface area (Å²) in [4.78, 5) is 14.1. The van der Waals surface area contributed by atoms with Crippen molar-refractivity contribution in [3.63, 3.8) is 0 Å². The number of aromatic amines is 1. The molecule has 0 bridgehead atoms. The molecule has 0 radical (unpaired) electrons. The third-order valence-corrected chi connectivity index (χ3v) is 1.70. The molecule has 1 rings (SSSR count). The zero-order chi connectivity index (χ0) is 9.68.